The van der Waals surface area contributed by atoms with Crippen molar-refractivity contribution in [2.24, 2.45) is 5.92 Å². The number of phenolic OH excluding ortho intramolecular Hbond substituents is 1. The third kappa shape index (κ3) is 3.49. The highest BCUT2D eigenvalue weighted by Crippen LogP contribution is 2.15. The smallest absolute Gasteiger partial charge is 0.115 e. The largest absolute Gasteiger partial charge is 0.508 e. The van der Waals surface area contributed by atoms with Gasteiger partial charge < -0.3 is 5.11 Å². The van der Waals surface area contributed by atoms with E-state index < -0.39 is 0 Å². The molecule has 1 nitrogen and oxygen atoms in total. The van der Waals surface area contributed by atoms with Crippen LogP contribution in [0, 0.1) is 5.92 Å². The number of aromatic hydroxyl groups is 1. The first-order valence-corrected chi connectivity index (χ1v) is 5.00. The van der Waals surface area contributed by atoms with Gasteiger partial charge in [-0.25, -0.2) is 0 Å². The van der Waals surface area contributed by atoms with Crippen molar-refractivity contribution in [1.29, 1.82) is 0 Å². The van der Waals surface area contributed by atoms with Crippen LogP contribution >= 0.6 is 0 Å². The van der Waals surface area contributed by atoms with E-state index in [1.807, 2.05) is 12.1 Å². The molecule has 0 aliphatic heterocycles. The van der Waals surface area contributed by atoms with E-state index in [2.05, 4.69) is 19.9 Å². The summed E-state index contributed by atoms with van der Waals surface area (Å²) in [6.07, 6.45) is 3.52. The van der Waals surface area contributed by atoms with E-state index in [0.717, 1.165) is 12.3 Å². The molecule has 0 aromatic heterocycles. The Morgan fingerprint density at radius 1 is 1.38 bits per heavy atom. The van der Waals surface area contributed by atoms with Crippen LogP contribution in [0.1, 0.15) is 32.3 Å². The number of phenols is 1. The van der Waals surface area contributed by atoms with Crippen LogP contribution in [0.15, 0.2) is 24.3 Å². The maximum absolute atomic E-state index is 9.24. The van der Waals surface area contributed by atoms with Crippen LogP contribution in [0.4, 0.5) is 0 Å². The maximum atomic E-state index is 9.24. The average Bonchev–Trinajstić information content (AvgIpc) is 2.14. The van der Waals surface area contributed by atoms with Crippen LogP contribution in [0.25, 0.3) is 0 Å². The summed E-state index contributed by atoms with van der Waals surface area (Å²) in [6, 6.07) is 7.54. The van der Waals surface area contributed by atoms with Gasteiger partial charge in [0.25, 0.3) is 0 Å². The highest BCUT2D eigenvalue weighted by molar-refractivity contribution is 5.27. The lowest BCUT2D eigenvalue weighted by atomic mass is 9.99. The molecular formula is C12H18O. The fourth-order valence-corrected chi connectivity index (χ4v) is 1.33. The van der Waals surface area contributed by atoms with Gasteiger partial charge >= 0.3 is 0 Å². The van der Waals surface area contributed by atoms with Crippen molar-refractivity contribution in [3.05, 3.63) is 29.8 Å². The average molecular weight is 178 g/mol. The zero-order valence-electron chi connectivity index (χ0n) is 8.46. The molecule has 0 heterocycles. The van der Waals surface area contributed by atoms with Crippen molar-refractivity contribution in [3.63, 3.8) is 0 Å². The van der Waals surface area contributed by atoms with E-state index in [4.69, 9.17) is 0 Å². The lowest BCUT2D eigenvalue weighted by Crippen LogP contribution is -1.95. The van der Waals surface area contributed by atoms with E-state index in [1.54, 1.807) is 6.07 Å². The van der Waals surface area contributed by atoms with E-state index >= 15 is 0 Å². The standard InChI is InChI=1S/C12H18O/c1-3-10(2)7-8-11-5-4-6-12(13)9-11/h4-6,9-10,13H,3,7-8H2,1-2H3. The molecule has 0 bridgehead atoms. The van der Waals surface area contributed by atoms with E-state index in [1.165, 1.54) is 18.4 Å². The zero-order chi connectivity index (χ0) is 9.68. The molecule has 1 unspecified atom stereocenters. The highest BCUT2D eigenvalue weighted by atomic mass is 16.3. The van der Waals surface area contributed by atoms with Crippen molar-refractivity contribution in [3.8, 4) is 5.75 Å². The molecule has 0 amide bonds. The van der Waals surface area contributed by atoms with Crippen molar-refractivity contribution in [1.82, 2.24) is 0 Å². The Labute approximate surface area is 80.4 Å². The highest BCUT2D eigenvalue weighted by Gasteiger charge is 2.00. The van der Waals surface area contributed by atoms with Crippen LogP contribution in [0.3, 0.4) is 0 Å². The molecule has 1 rings (SSSR count). The first-order valence-electron chi connectivity index (χ1n) is 5.00. The molecular weight excluding hydrogens is 160 g/mol. The molecule has 72 valence electrons. The molecule has 1 aromatic rings. The summed E-state index contributed by atoms with van der Waals surface area (Å²) < 4.78 is 0. The summed E-state index contributed by atoms with van der Waals surface area (Å²) in [7, 11) is 0. The molecule has 1 N–H and O–H groups in total. The molecule has 0 radical (unpaired) electrons. The lowest BCUT2D eigenvalue weighted by Gasteiger charge is -2.07. The minimum atomic E-state index is 0.377. The minimum Gasteiger partial charge on any atom is -0.508 e. The van der Waals surface area contributed by atoms with Crippen LogP contribution in [0.2, 0.25) is 0 Å². The van der Waals surface area contributed by atoms with Crippen LogP contribution in [-0.4, -0.2) is 5.11 Å². The van der Waals surface area contributed by atoms with Crippen LogP contribution in [-0.2, 0) is 6.42 Å². The third-order valence-corrected chi connectivity index (χ3v) is 2.53. The first-order chi connectivity index (χ1) is 6.22. The minimum absolute atomic E-state index is 0.377. The Balaban J connectivity index is 2.45. The fraction of sp³-hybridized carbons (Fsp3) is 0.500. The van der Waals surface area contributed by atoms with Crippen LogP contribution in [0.5, 0.6) is 5.75 Å². The Morgan fingerprint density at radius 3 is 2.77 bits per heavy atom. The molecule has 0 spiro atoms. The van der Waals surface area contributed by atoms with E-state index in [9.17, 15) is 5.11 Å². The van der Waals surface area contributed by atoms with Gasteiger partial charge in [0.15, 0.2) is 0 Å². The summed E-state index contributed by atoms with van der Waals surface area (Å²) >= 11 is 0. The van der Waals surface area contributed by atoms with Gasteiger partial charge in [0.05, 0.1) is 0 Å². The maximum Gasteiger partial charge on any atom is 0.115 e. The van der Waals surface area contributed by atoms with Crippen molar-refractivity contribution >= 4 is 0 Å². The van der Waals surface area contributed by atoms with Gasteiger partial charge in [-0.2, -0.15) is 0 Å². The fourth-order valence-electron chi connectivity index (χ4n) is 1.33. The molecule has 0 aliphatic rings. The van der Waals surface area contributed by atoms with Gasteiger partial charge in [-0.15, -0.1) is 0 Å². The molecule has 1 aromatic carbocycles. The Morgan fingerprint density at radius 2 is 2.15 bits per heavy atom. The SMILES string of the molecule is CCC(C)CCc1cccc(O)c1. The molecule has 0 aliphatic carbocycles. The van der Waals surface area contributed by atoms with Crippen LogP contribution < -0.4 is 0 Å². The molecule has 1 atom stereocenters. The Bertz CT molecular complexity index is 255. The van der Waals surface area contributed by atoms with Gasteiger partial charge in [0.2, 0.25) is 0 Å². The molecule has 0 saturated carbocycles. The quantitative estimate of drug-likeness (QED) is 0.749. The number of aryl methyl sites for hydroxylation is 1. The topological polar surface area (TPSA) is 20.2 Å². The van der Waals surface area contributed by atoms with E-state index in [-0.39, 0.29) is 0 Å². The third-order valence-electron chi connectivity index (χ3n) is 2.53. The summed E-state index contributed by atoms with van der Waals surface area (Å²) in [6.45, 7) is 4.48. The first kappa shape index (κ1) is 10.1. The van der Waals surface area contributed by atoms with Crippen molar-refractivity contribution < 1.29 is 5.11 Å². The van der Waals surface area contributed by atoms with Crippen molar-refractivity contribution in [2.45, 2.75) is 33.1 Å². The normalized spacial score (nSPS) is 12.8. The summed E-state index contributed by atoms with van der Waals surface area (Å²) in [5.41, 5.74) is 1.24. The zero-order valence-corrected chi connectivity index (χ0v) is 8.46. The number of rotatable bonds is 4. The van der Waals surface area contributed by atoms with Gasteiger partial charge in [-0.05, 0) is 36.5 Å². The van der Waals surface area contributed by atoms with Gasteiger partial charge in [0.1, 0.15) is 5.75 Å². The second-order valence-corrected chi connectivity index (χ2v) is 3.72. The van der Waals surface area contributed by atoms with E-state index in [0.29, 0.717) is 5.75 Å². The number of hydrogen-bond donors (Lipinski definition) is 1. The summed E-state index contributed by atoms with van der Waals surface area (Å²) in [5.74, 6) is 1.16. The van der Waals surface area contributed by atoms with Gasteiger partial charge in [-0.1, -0.05) is 32.4 Å². The predicted molar refractivity (Wildman–Crippen MR) is 55.9 cm³/mol. The van der Waals surface area contributed by atoms with Gasteiger partial charge in [-0.3, -0.25) is 0 Å². The Hall–Kier alpha value is -0.980. The van der Waals surface area contributed by atoms with Gasteiger partial charge in [0, 0.05) is 0 Å². The monoisotopic (exact) mass is 178 g/mol. The second kappa shape index (κ2) is 4.90. The second-order valence-electron chi connectivity index (χ2n) is 3.72. The Kier molecular flexibility index (Phi) is 3.81. The lowest BCUT2D eigenvalue weighted by molar-refractivity contribution is 0.473. The summed E-state index contributed by atoms with van der Waals surface area (Å²) in [4.78, 5) is 0. The molecule has 0 saturated heterocycles. The van der Waals surface area contributed by atoms with Crippen molar-refractivity contribution in [2.75, 3.05) is 0 Å². The number of benzene rings is 1. The molecule has 1 heteroatoms. The molecule has 13 heavy (non-hydrogen) atoms. The summed E-state index contributed by atoms with van der Waals surface area (Å²) in [5, 5.41) is 9.24. The molecule has 0 fully saturated rings. The predicted octanol–water partition coefficient (Wildman–Crippen LogP) is 3.37. The number of hydrogen-bond acceptors (Lipinski definition) is 1.